The van der Waals surface area contributed by atoms with E-state index < -0.39 is 0 Å². The Morgan fingerprint density at radius 1 is 1.46 bits per heavy atom. The van der Waals surface area contributed by atoms with Crippen LogP contribution in [-0.4, -0.2) is 0 Å². The molecule has 0 amide bonds. The van der Waals surface area contributed by atoms with Crippen LogP contribution in [0.4, 0.5) is 5.69 Å². The Kier molecular flexibility index (Phi) is 1.91. The van der Waals surface area contributed by atoms with E-state index in [1.54, 1.807) is 0 Å². The van der Waals surface area contributed by atoms with Crippen LogP contribution in [0.5, 0.6) is 0 Å². The molecule has 2 N–H and O–H groups in total. The van der Waals surface area contributed by atoms with E-state index in [-0.39, 0.29) is 0 Å². The average molecular weight is 206 g/mol. The number of anilines is 1. The highest BCUT2D eigenvalue weighted by molar-refractivity contribution is 7.80. The van der Waals surface area contributed by atoms with E-state index in [1.807, 2.05) is 18.2 Å². The number of thiol groups is 1. The summed E-state index contributed by atoms with van der Waals surface area (Å²) in [5, 5.41) is 9.68. The first-order valence-electron chi connectivity index (χ1n) is 3.63. The topological polar surface area (TPSA) is 49.8 Å². The van der Waals surface area contributed by atoms with Gasteiger partial charge in [0.1, 0.15) is 10.9 Å². The minimum Gasteiger partial charge on any atom is -0.398 e. The summed E-state index contributed by atoms with van der Waals surface area (Å²) in [7, 11) is 0. The van der Waals surface area contributed by atoms with Crippen molar-refractivity contribution >= 4 is 39.7 Å². The molecular formula is C9H6N2S2. The lowest BCUT2D eigenvalue weighted by Gasteiger charge is -1.96. The molecule has 13 heavy (non-hydrogen) atoms. The third-order valence-corrected chi connectivity index (χ3v) is 3.28. The number of hydrogen-bond acceptors (Lipinski definition) is 4. The van der Waals surface area contributed by atoms with Gasteiger partial charge in [0.2, 0.25) is 0 Å². The first kappa shape index (κ1) is 8.42. The Bertz CT molecular complexity index is 469. The molecule has 0 bridgehead atoms. The molecular weight excluding hydrogens is 200 g/mol. The van der Waals surface area contributed by atoms with Crippen LogP contribution < -0.4 is 5.73 Å². The molecule has 0 saturated carbocycles. The lowest BCUT2D eigenvalue weighted by Crippen LogP contribution is -1.83. The second kappa shape index (κ2) is 2.95. The minimum atomic E-state index is 0.670. The largest absolute Gasteiger partial charge is 0.398 e. The molecule has 1 aromatic heterocycles. The van der Waals surface area contributed by atoms with Gasteiger partial charge in [-0.25, -0.2) is 0 Å². The molecule has 1 heterocycles. The Labute approximate surface area is 85.0 Å². The van der Waals surface area contributed by atoms with Crippen LogP contribution >= 0.6 is 24.0 Å². The fourth-order valence-corrected chi connectivity index (χ4v) is 2.42. The van der Waals surface area contributed by atoms with E-state index in [0.29, 0.717) is 10.6 Å². The number of nitriles is 1. The second-order valence-corrected chi connectivity index (χ2v) is 4.17. The molecule has 0 aliphatic carbocycles. The van der Waals surface area contributed by atoms with Crippen LogP contribution in [0, 0.1) is 11.3 Å². The summed E-state index contributed by atoms with van der Waals surface area (Å²) in [6.45, 7) is 0. The van der Waals surface area contributed by atoms with Gasteiger partial charge in [0.15, 0.2) is 0 Å². The van der Waals surface area contributed by atoms with Crippen molar-refractivity contribution < 1.29 is 0 Å². The molecule has 1 aromatic carbocycles. The zero-order valence-corrected chi connectivity index (χ0v) is 8.32. The van der Waals surface area contributed by atoms with Gasteiger partial charge < -0.3 is 5.73 Å². The number of fused-ring (bicyclic) bond motifs is 1. The highest BCUT2D eigenvalue weighted by Gasteiger charge is 2.06. The number of rotatable bonds is 0. The quantitative estimate of drug-likeness (QED) is 0.514. The Hall–Kier alpha value is -1.18. The van der Waals surface area contributed by atoms with Crippen LogP contribution in [0.3, 0.4) is 0 Å². The van der Waals surface area contributed by atoms with E-state index >= 15 is 0 Å². The molecule has 0 atom stereocenters. The normalized spacial score (nSPS) is 10.2. The van der Waals surface area contributed by atoms with Crippen molar-refractivity contribution in [2.24, 2.45) is 0 Å². The fraction of sp³-hybridized carbons (Fsp3) is 0. The maximum atomic E-state index is 8.72. The molecule has 2 nitrogen and oxygen atoms in total. The SMILES string of the molecule is N#Cc1cc2c(S)ccc(N)c2s1. The molecule has 0 radical (unpaired) electrons. The van der Waals surface area contributed by atoms with E-state index in [9.17, 15) is 0 Å². The number of benzene rings is 1. The molecule has 2 rings (SSSR count). The highest BCUT2D eigenvalue weighted by Crippen LogP contribution is 2.33. The standard InChI is InChI=1S/C9H6N2S2/c10-4-5-3-6-8(12)2-1-7(11)9(6)13-5/h1-3,12H,11H2. The van der Waals surface area contributed by atoms with E-state index in [0.717, 1.165) is 15.0 Å². The van der Waals surface area contributed by atoms with Crippen molar-refractivity contribution in [2.45, 2.75) is 4.90 Å². The minimum absolute atomic E-state index is 0.670. The maximum absolute atomic E-state index is 8.72. The predicted molar refractivity (Wildman–Crippen MR) is 58.2 cm³/mol. The van der Waals surface area contributed by atoms with Crippen molar-refractivity contribution in [2.75, 3.05) is 5.73 Å². The molecule has 0 aliphatic rings. The number of nitrogens with zero attached hydrogens (tertiary/aromatic N) is 1. The Balaban J connectivity index is 2.90. The zero-order chi connectivity index (χ0) is 9.42. The smallest absolute Gasteiger partial charge is 0.110 e. The van der Waals surface area contributed by atoms with Crippen LogP contribution in [0.1, 0.15) is 4.88 Å². The number of thiophene rings is 1. The van der Waals surface area contributed by atoms with Gasteiger partial charge in [-0.15, -0.1) is 24.0 Å². The summed E-state index contributed by atoms with van der Waals surface area (Å²) < 4.78 is 0.948. The van der Waals surface area contributed by atoms with E-state index in [4.69, 9.17) is 11.0 Å². The molecule has 0 aliphatic heterocycles. The summed E-state index contributed by atoms with van der Waals surface area (Å²) in [4.78, 5) is 1.53. The average Bonchev–Trinajstić information content (AvgIpc) is 2.56. The van der Waals surface area contributed by atoms with Crippen molar-refractivity contribution in [3.63, 3.8) is 0 Å². The Morgan fingerprint density at radius 3 is 2.85 bits per heavy atom. The highest BCUT2D eigenvalue weighted by atomic mass is 32.1. The van der Waals surface area contributed by atoms with Crippen molar-refractivity contribution in [3.05, 3.63) is 23.1 Å². The first-order valence-corrected chi connectivity index (χ1v) is 4.90. The molecule has 0 saturated heterocycles. The second-order valence-electron chi connectivity index (χ2n) is 2.64. The van der Waals surface area contributed by atoms with Crippen molar-refractivity contribution in [1.82, 2.24) is 0 Å². The third kappa shape index (κ3) is 1.26. The maximum Gasteiger partial charge on any atom is 0.110 e. The molecule has 0 spiro atoms. The lowest BCUT2D eigenvalue weighted by atomic mass is 10.2. The van der Waals surface area contributed by atoms with Gasteiger partial charge in [-0.3, -0.25) is 0 Å². The monoisotopic (exact) mass is 206 g/mol. The van der Waals surface area contributed by atoms with Crippen LogP contribution in [0.15, 0.2) is 23.1 Å². The van der Waals surface area contributed by atoms with Crippen LogP contribution in [0.2, 0.25) is 0 Å². The third-order valence-electron chi connectivity index (χ3n) is 1.80. The van der Waals surface area contributed by atoms with Gasteiger partial charge in [-0.05, 0) is 18.2 Å². The van der Waals surface area contributed by atoms with Gasteiger partial charge in [-0.2, -0.15) is 5.26 Å². The van der Waals surface area contributed by atoms with Gasteiger partial charge in [0, 0.05) is 16.0 Å². The molecule has 4 heteroatoms. The van der Waals surface area contributed by atoms with Gasteiger partial charge in [0.25, 0.3) is 0 Å². The Morgan fingerprint density at radius 2 is 2.23 bits per heavy atom. The fourth-order valence-electron chi connectivity index (χ4n) is 1.19. The van der Waals surface area contributed by atoms with Gasteiger partial charge in [0.05, 0.1) is 4.70 Å². The molecule has 2 aromatic rings. The summed E-state index contributed by atoms with van der Waals surface area (Å²) in [5.74, 6) is 0. The number of nitrogen functional groups attached to an aromatic ring is 1. The van der Waals surface area contributed by atoms with Crippen LogP contribution in [0.25, 0.3) is 10.1 Å². The van der Waals surface area contributed by atoms with Crippen LogP contribution in [-0.2, 0) is 0 Å². The van der Waals surface area contributed by atoms with Crippen molar-refractivity contribution in [1.29, 1.82) is 5.26 Å². The zero-order valence-electron chi connectivity index (χ0n) is 6.61. The van der Waals surface area contributed by atoms with Crippen molar-refractivity contribution in [3.8, 4) is 6.07 Å². The van der Waals surface area contributed by atoms with Gasteiger partial charge >= 0.3 is 0 Å². The first-order chi connectivity index (χ1) is 6.22. The molecule has 0 fully saturated rings. The summed E-state index contributed by atoms with van der Waals surface area (Å²) >= 11 is 5.69. The lowest BCUT2D eigenvalue weighted by molar-refractivity contribution is 1.52. The summed E-state index contributed by atoms with van der Waals surface area (Å²) in [5.41, 5.74) is 6.47. The summed E-state index contributed by atoms with van der Waals surface area (Å²) in [6.07, 6.45) is 0. The number of nitrogens with two attached hydrogens (primary N) is 1. The van der Waals surface area contributed by atoms with Gasteiger partial charge in [-0.1, -0.05) is 0 Å². The summed E-state index contributed by atoms with van der Waals surface area (Å²) in [6, 6.07) is 7.57. The number of hydrogen-bond donors (Lipinski definition) is 2. The molecule has 0 unspecified atom stereocenters. The predicted octanol–water partition coefficient (Wildman–Crippen LogP) is 2.64. The van der Waals surface area contributed by atoms with E-state index in [1.165, 1.54) is 11.3 Å². The van der Waals surface area contributed by atoms with E-state index in [2.05, 4.69) is 18.7 Å². The molecule has 64 valence electrons.